The third kappa shape index (κ3) is 5.53. The molecule has 0 saturated heterocycles. The lowest BCUT2D eigenvalue weighted by atomic mass is 9.94. The molecule has 1 unspecified atom stereocenters. The average molecular weight is 388 g/mol. The van der Waals surface area contributed by atoms with Crippen LogP contribution in [0.2, 0.25) is 0 Å². The van der Waals surface area contributed by atoms with Gasteiger partial charge >= 0.3 is 29.9 Å². The summed E-state index contributed by atoms with van der Waals surface area (Å²) in [6.07, 6.45) is -9.55. The van der Waals surface area contributed by atoms with Crippen molar-refractivity contribution in [1.82, 2.24) is 0 Å². The molecule has 11 heteroatoms. The molecular weight excluding hydrogens is 371 g/mol. The number of alkyl halides is 9. The average Bonchev–Trinajstić information content (AvgIpc) is 2.43. The van der Waals surface area contributed by atoms with Gasteiger partial charge in [-0.2, -0.15) is 39.5 Å². The van der Waals surface area contributed by atoms with E-state index in [0.29, 0.717) is 0 Å². The van der Waals surface area contributed by atoms with Crippen molar-refractivity contribution in [2.45, 2.75) is 57.1 Å². The van der Waals surface area contributed by atoms with Crippen molar-refractivity contribution >= 4 is 5.97 Å². The Labute approximate surface area is 138 Å². The van der Waals surface area contributed by atoms with Crippen LogP contribution in [0.5, 0.6) is 0 Å². The molecule has 0 heterocycles. The van der Waals surface area contributed by atoms with Crippen LogP contribution in [0.3, 0.4) is 0 Å². The number of hydrogen-bond acceptors (Lipinski definition) is 2. The van der Waals surface area contributed by atoms with Crippen LogP contribution in [0.4, 0.5) is 39.5 Å². The minimum Gasteiger partial charge on any atom is -0.462 e. The standard InChI is InChI=1S/C14H17F9O2/c1-8(2)10(24)25-7-5-9(3)4-6-11(15,16)12(17,18)13(19,20)14(21,22)23/h9H,1,4-7H2,2-3H3. The predicted molar refractivity (Wildman–Crippen MR) is 69.7 cm³/mol. The monoisotopic (exact) mass is 388 g/mol. The van der Waals surface area contributed by atoms with Crippen molar-refractivity contribution in [1.29, 1.82) is 0 Å². The predicted octanol–water partition coefficient (Wildman–Crippen LogP) is 5.38. The Morgan fingerprint density at radius 1 is 0.960 bits per heavy atom. The molecule has 0 aromatic rings. The van der Waals surface area contributed by atoms with Crippen LogP contribution < -0.4 is 0 Å². The normalized spacial score (nSPS) is 15.0. The topological polar surface area (TPSA) is 26.3 Å². The Hall–Kier alpha value is -1.42. The second-order valence-corrected chi connectivity index (χ2v) is 5.70. The van der Waals surface area contributed by atoms with Crippen LogP contribution in [-0.2, 0) is 9.53 Å². The van der Waals surface area contributed by atoms with Crippen molar-refractivity contribution in [3.8, 4) is 0 Å². The zero-order valence-electron chi connectivity index (χ0n) is 13.3. The smallest absolute Gasteiger partial charge is 0.460 e. The number of carbonyl (C=O) groups is 1. The summed E-state index contributed by atoms with van der Waals surface area (Å²) in [7, 11) is 0. The molecule has 148 valence electrons. The molecule has 0 aromatic carbocycles. The van der Waals surface area contributed by atoms with E-state index in [2.05, 4.69) is 11.3 Å². The number of rotatable bonds is 9. The number of halogens is 9. The summed E-state index contributed by atoms with van der Waals surface area (Å²) in [4.78, 5) is 11.0. The Morgan fingerprint density at radius 3 is 1.84 bits per heavy atom. The molecule has 2 nitrogen and oxygen atoms in total. The summed E-state index contributed by atoms with van der Waals surface area (Å²) in [6.45, 7) is 5.61. The fourth-order valence-corrected chi connectivity index (χ4v) is 1.61. The third-order valence-electron chi connectivity index (χ3n) is 3.35. The van der Waals surface area contributed by atoms with E-state index < -0.39 is 48.7 Å². The molecule has 0 radical (unpaired) electrons. The minimum atomic E-state index is -6.87. The summed E-state index contributed by atoms with van der Waals surface area (Å²) < 4.78 is 119. The molecule has 1 atom stereocenters. The van der Waals surface area contributed by atoms with Gasteiger partial charge in [0, 0.05) is 12.0 Å². The van der Waals surface area contributed by atoms with E-state index >= 15 is 0 Å². The lowest BCUT2D eigenvalue weighted by Crippen LogP contribution is -2.60. The highest BCUT2D eigenvalue weighted by molar-refractivity contribution is 5.86. The Balaban J connectivity index is 4.76. The molecule has 0 bridgehead atoms. The van der Waals surface area contributed by atoms with Gasteiger partial charge in [-0.3, -0.25) is 0 Å². The zero-order chi connectivity index (χ0) is 20.3. The zero-order valence-corrected chi connectivity index (χ0v) is 13.3. The van der Waals surface area contributed by atoms with Crippen molar-refractivity contribution < 1.29 is 49.0 Å². The van der Waals surface area contributed by atoms with Crippen LogP contribution in [0.1, 0.15) is 33.1 Å². The number of hydrogen-bond donors (Lipinski definition) is 0. The first-order chi connectivity index (χ1) is 11.0. The first kappa shape index (κ1) is 23.6. The number of esters is 1. The van der Waals surface area contributed by atoms with Gasteiger partial charge in [0.25, 0.3) is 0 Å². The van der Waals surface area contributed by atoms with Crippen LogP contribution in [-0.4, -0.2) is 36.5 Å². The summed E-state index contributed by atoms with van der Waals surface area (Å²) in [6, 6.07) is 0. The van der Waals surface area contributed by atoms with Crippen LogP contribution in [0.15, 0.2) is 12.2 Å². The van der Waals surface area contributed by atoms with Gasteiger partial charge in [-0.25, -0.2) is 4.79 Å². The van der Waals surface area contributed by atoms with Crippen LogP contribution >= 0.6 is 0 Å². The maximum atomic E-state index is 13.3. The lowest BCUT2D eigenvalue weighted by Gasteiger charge is -2.34. The largest absolute Gasteiger partial charge is 0.462 e. The fraction of sp³-hybridized carbons (Fsp3) is 0.786. The van der Waals surface area contributed by atoms with Gasteiger partial charge in [0.2, 0.25) is 0 Å². The minimum absolute atomic E-state index is 0.0632. The van der Waals surface area contributed by atoms with E-state index in [-0.39, 0.29) is 18.6 Å². The van der Waals surface area contributed by atoms with E-state index in [1.165, 1.54) is 13.8 Å². The third-order valence-corrected chi connectivity index (χ3v) is 3.35. The number of ether oxygens (including phenoxy) is 1. The van der Waals surface area contributed by atoms with Gasteiger partial charge < -0.3 is 4.74 Å². The van der Waals surface area contributed by atoms with E-state index in [9.17, 15) is 44.3 Å². The Bertz CT molecular complexity index is 483. The molecule has 25 heavy (non-hydrogen) atoms. The van der Waals surface area contributed by atoms with E-state index in [1.807, 2.05) is 0 Å². The first-order valence-electron chi connectivity index (χ1n) is 7.00. The van der Waals surface area contributed by atoms with Gasteiger partial charge in [-0.1, -0.05) is 13.5 Å². The molecule has 0 fully saturated rings. The van der Waals surface area contributed by atoms with E-state index in [1.54, 1.807) is 0 Å². The van der Waals surface area contributed by atoms with Gasteiger partial charge in [0.1, 0.15) is 0 Å². The van der Waals surface area contributed by atoms with Gasteiger partial charge in [-0.15, -0.1) is 0 Å². The molecule has 0 saturated carbocycles. The highest BCUT2D eigenvalue weighted by Crippen LogP contribution is 2.54. The quantitative estimate of drug-likeness (QED) is 0.301. The summed E-state index contributed by atoms with van der Waals surface area (Å²) in [5.41, 5.74) is 0.0632. The van der Waals surface area contributed by atoms with Gasteiger partial charge in [0.15, 0.2) is 0 Å². The molecule has 0 aliphatic carbocycles. The maximum absolute atomic E-state index is 13.3. The molecule has 0 aliphatic heterocycles. The van der Waals surface area contributed by atoms with Gasteiger partial charge in [0.05, 0.1) is 6.61 Å². The van der Waals surface area contributed by atoms with Crippen LogP contribution in [0, 0.1) is 5.92 Å². The summed E-state index contributed by atoms with van der Waals surface area (Å²) >= 11 is 0. The van der Waals surface area contributed by atoms with Crippen molar-refractivity contribution in [2.24, 2.45) is 5.92 Å². The maximum Gasteiger partial charge on any atom is 0.460 e. The number of carbonyl (C=O) groups excluding carboxylic acids is 1. The van der Waals surface area contributed by atoms with Crippen molar-refractivity contribution in [3.63, 3.8) is 0 Å². The first-order valence-corrected chi connectivity index (χ1v) is 7.00. The SMILES string of the molecule is C=C(C)C(=O)OCCC(C)CCC(F)(F)C(F)(F)C(F)(F)C(F)(F)F. The second kappa shape index (κ2) is 7.86. The van der Waals surface area contributed by atoms with Crippen molar-refractivity contribution in [2.75, 3.05) is 6.61 Å². The van der Waals surface area contributed by atoms with Gasteiger partial charge in [-0.05, 0) is 25.7 Å². The van der Waals surface area contributed by atoms with E-state index in [0.717, 1.165) is 0 Å². The fourth-order valence-electron chi connectivity index (χ4n) is 1.61. The lowest BCUT2D eigenvalue weighted by molar-refractivity contribution is -0.397. The van der Waals surface area contributed by atoms with E-state index in [4.69, 9.17) is 0 Å². The van der Waals surface area contributed by atoms with Crippen molar-refractivity contribution in [3.05, 3.63) is 12.2 Å². The molecule has 0 spiro atoms. The molecular formula is C14H17F9O2. The van der Waals surface area contributed by atoms with Crippen LogP contribution in [0.25, 0.3) is 0 Å². The summed E-state index contributed by atoms with van der Waals surface area (Å²) in [5, 5.41) is 0. The molecule has 0 N–H and O–H groups in total. The second-order valence-electron chi connectivity index (χ2n) is 5.70. The Kier molecular flexibility index (Phi) is 7.41. The molecule has 0 amide bonds. The highest BCUT2D eigenvalue weighted by Gasteiger charge is 2.81. The molecule has 0 aromatic heterocycles. The highest BCUT2D eigenvalue weighted by atomic mass is 19.4. The Morgan fingerprint density at radius 2 is 1.44 bits per heavy atom. The molecule has 0 rings (SSSR count). The molecule has 0 aliphatic rings. The summed E-state index contributed by atoms with van der Waals surface area (Å²) in [5.74, 6) is -20.6.